The van der Waals surface area contributed by atoms with Gasteiger partial charge in [0, 0.05) is 48.8 Å². The van der Waals surface area contributed by atoms with Gasteiger partial charge in [0.05, 0.1) is 28.7 Å². The molecule has 0 radical (unpaired) electrons. The second-order valence-corrected chi connectivity index (χ2v) is 10.1. The Morgan fingerprint density at radius 3 is 2.73 bits per heavy atom. The van der Waals surface area contributed by atoms with E-state index in [1.54, 1.807) is 12.1 Å². The number of carbonyl (C=O) groups excluding carboxylic acids is 1. The van der Waals surface area contributed by atoms with Crippen molar-refractivity contribution in [1.82, 2.24) is 4.90 Å². The fourth-order valence-corrected chi connectivity index (χ4v) is 5.87. The van der Waals surface area contributed by atoms with Crippen LogP contribution in [0, 0.1) is 29.6 Å². The van der Waals surface area contributed by atoms with Crippen LogP contribution < -0.4 is 4.90 Å². The molecule has 0 unspecified atom stereocenters. The SMILES string of the molecule is CCOC[C@]12CN(C(=O)c3ccc(C)s3)CC[C@H]1CN(c1ccc(C#N)c(C(F)(F)F)c1)C2. The highest BCUT2D eigenvalue weighted by molar-refractivity contribution is 7.13. The van der Waals surface area contributed by atoms with Crippen LogP contribution in [0.15, 0.2) is 30.3 Å². The molecule has 2 aromatic rings. The molecule has 2 atom stereocenters. The minimum atomic E-state index is -4.60. The van der Waals surface area contributed by atoms with Crippen LogP contribution in [0.25, 0.3) is 0 Å². The Labute approximate surface area is 195 Å². The number of carbonyl (C=O) groups is 1. The molecule has 2 fully saturated rings. The molecule has 0 spiro atoms. The molecule has 2 aliphatic heterocycles. The number of aryl methyl sites for hydroxylation is 1. The van der Waals surface area contributed by atoms with E-state index in [1.807, 2.05) is 35.8 Å². The number of ether oxygens (including phenoxy) is 1. The Morgan fingerprint density at radius 2 is 2.09 bits per heavy atom. The summed E-state index contributed by atoms with van der Waals surface area (Å²) in [7, 11) is 0. The molecule has 1 amide bonds. The number of likely N-dealkylation sites (tertiary alicyclic amines) is 1. The van der Waals surface area contributed by atoms with Crippen LogP contribution in [0.5, 0.6) is 0 Å². The van der Waals surface area contributed by atoms with E-state index in [0.29, 0.717) is 50.0 Å². The molecule has 0 saturated carbocycles. The zero-order chi connectivity index (χ0) is 23.8. The summed E-state index contributed by atoms with van der Waals surface area (Å²) < 4.78 is 46.4. The fraction of sp³-hybridized carbons (Fsp3) is 0.500. The lowest BCUT2D eigenvalue weighted by Crippen LogP contribution is -2.53. The average Bonchev–Trinajstić information content (AvgIpc) is 3.39. The standard InChI is InChI=1S/C24H26F3N3O2S/c1-3-32-15-23-13-29(22(31)21-7-4-16(2)33-21)9-8-18(23)12-30(14-23)19-6-5-17(11-28)20(10-19)24(25,26)27/h4-7,10,18H,3,8-9,12-15H2,1-2H3/t18-,23+/m0/s1. The lowest BCUT2D eigenvalue weighted by Gasteiger charge is -2.43. The van der Waals surface area contributed by atoms with E-state index in [1.165, 1.54) is 17.4 Å². The van der Waals surface area contributed by atoms with Crippen molar-refractivity contribution in [1.29, 1.82) is 5.26 Å². The molecule has 4 rings (SSSR count). The van der Waals surface area contributed by atoms with Gasteiger partial charge >= 0.3 is 6.18 Å². The van der Waals surface area contributed by atoms with Crippen molar-refractivity contribution in [3.8, 4) is 6.07 Å². The smallest absolute Gasteiger partial charge is 0.381 e. The number of piperidine rings is 1. The van der Waals surface area contributed by atoms with Gasteiger partial charge in [-0.05, 0) is 56.5 Å². The fourth-order valence-electron chi connectivity index (χ4n) is 5.03. The summed E-state index contributed by atoms with van der Waals surface area (Å²) in [4.78, 5) is 18.7. The van der Waals surface area contributed by atoms with Gasteiger partial charge in [-0.1, -0.05) is 0 Å². The monoisotopic (exact) mass is 477 g/mol. The second kappa shape index (κ2) is 8.99. The van der Waals surface area contributed by atoms with Gasteiger partial charge in [-0.15, -0.1) is 11.3 Å². The van der Waals surface area contributed by atoms with Gasteiger partial charge in [-0.25, -0.2) is 0 Å². The summed E-state index contributed by atoms with van der Waals surface area (Å²) in [6.07, 6.45) is -3.83. The molecule has 9 heteroatoms. The second-order valence-electron chi connectivity index (χ2n) is 8.84. The van der Waals surface area contributed by atoms with Gasteiger partial charge in [-0.2, -0.15) is 18.4 Å². The summed E-state index contributed by atoms with van der Waals surface area (Å²) >= 11 is 1.47. The lowest BCUT2D eigenvalue weighted by molar-refractivity contribution is -0.137. The first kappa shape index (κ1) is 23.6. The molecule has 0 bridgehead atoms. The van der Waals surface area contributed by atoms with Gasteiger partial charge in [0.15, 0.2) is 0 Å². The van der Waals surface area contributed by atoms with Crippen LogP contribution >= 0.6 is 11.3 Å². The van der Waals surface area contributed by atoms with E-state index in [4.69, 9.17) is 10.00 Å². The zero-order valence-electron chi connectivity index (χ0n) is 18.6. The number of thiophene rings is 1. The number of nitrogens with zero attached hydrogens (tertiary/aromatic N) is 3. The third-order valence-electron chi connectivity index (χ3n) is 6.69. The Kier molecular flexibility index (Phi) is 6.43. The molecule has 176 valence electrons. The lowest BCUT2D eigenvalue weighted by atomic mass is 9.74. The number of fused-ring (bicyclic) bond motifs is 1. The summed E-state index contributed by atoms with van der Waals surface area (Å²) in [5.74, 6) is 0.196. The Hall–Kier alpha value is -2.57. The summed E-state index contributed by atoms with van der Waals surface area (Å²) in [5, 5.41) is 9.10. The molecular formula is C24H26F3N3O2S. The Balaban J connectivity index is 1.61. The van der Waals surface area contributed by atoms with Crippen LogP contribution in [0.2, 0.25) is 0 Å². The first-order valence-corrected chi connectivity index (χ1v) is 11.8. The first-order valence-electron chi connectivity index (χ1n) is 11.0. The first-order chi connectivity index (χ1) is 15.7. The molecule has 2 saturated heterocycles. The molecule has 2 aliphatic rings. The molecule has 33 heavy (non-hydrogen) atoms. The molecule has 3 heterocycles. The predicted octanol–water partition coefficient (Wildman–Crippen LogP) is 4.95. The van der Waals surface area contributed by atoms with E-state index in [-0.39, 0.29) is 22.8 Å². The quantitative estimate of drug-likeness (QED) is 0.611. The number of rotatable bonds is 5. The highest BCUT2D eigenvalue weighted by Crippen LogP contribution is 2.45. The molecule has 1 aromatic heterocycles. The number of hydrogen-bond donors (Lipinski definition) is 0. The number of anilines is 1. The van der Waals surface area contributed by atoms with Crippen molar-refractivity contribution in [3.63, 3.8) is 0 Å². The van der Waals surface area contributed by atoms with Crippen LogP contribution in [-0.2, 0) is 10.9 Å². The van der Waals surface area contributed by atoms with Crippen molar-refractivity contribution < 1.29 is 22.7 Å². The Bertz CT molecular complexity index is 1080. The van der Waals surface area contributed by atoms with Crippen LogP contribution in [0.3, 0.4) is 0 Å². The van der Waals surface area contributed by atoms with Crippen LogP contribution in [0.4, 0.5) is 18.9 Å². The molecule has 5 nitrogen and oxygen atoms in total. The predicted molar refractivity (Wildman–Crippen MR) is 120 cm³/mol. The number of hydrogen-bond acceptors (Lipinski definition) is 5. The third kappa shape index (κ3) is 4.59. The Morgan fingerprint density at radius 1 is 1.30 bits per heavy atom. The van der Waals surface area contributed by atoms with Gasteiger partial charge in [0.2, 0.25) is 0 Å². The largest absolute Gasteiger partial charge is 0.417 e. The summed E-state index contributed by atoms with van der Waals surface area (Å²) in [6.45, 7) is 7.06. The van der Waals surface area contributed by atoms with E-state index in [2.05, 4.69) is 0 Å². The molecular weight excluding hydrogens is 451 g/mol. The van der Waals surface area contributed by atoms with E-state index < -0.39 is 11.7 Å². The maximum Gasteiger partial charge on any atom is 0.417 e. The molecule has 0 aliphatic carbocycles. The maximum absolute atomic E-state index is 13.5. The highest BCUT2D eigenvalue weighted by Gasteiger charge is 2.51. The van der Waals surface area contributed by atoms with Gasteiger partial charge in [-0.3, -0.25) is 4.79 Å². The van der Waals surface area contributed by atoms with Gasteiger partial charge < -0.3 is 14.5 Å². The van der Waals surface area contributed by atoms with Crippen molar-refractivity contribution in [2.75, 3.05) is 44.3 Å². The van der Waals surface area contributed by atoms with E-state index >= 15 is 0 Å². The summed E-state index contributed by atoms with van der Waals surface area (Å²) in [5.41, 5.74) is -1.21. The number of halogens is 3. The van der Waals surface area contributed by atoms with Crippen molar-refractivity contribution in [2.24, 2.45) is 11.3 Å². The third-order valence-corrected chi connectivity index (χ3v) is 7.68. The van der Waals surface area contributed by atoms with Crippen LogP contribution in [-0.4, -0.2) is 50.2 Å². The number of benzene rings is 1. The van der Waals surface area contributed by atoms with Gasteiger partial charge in [0.25, 0.3) is 5.91 Å². The minimum Gasteiger partial charge on any atom is -0.381 e. The number of amides is 1. The molecule has 0 N–H and O–H groups in total. The van der Waals surface area contributed by atoms with Gasteiger partial charge in [0.1, 0.15) is 0 Å². The van der Waals surface area contributed by atoms with E-state index in [0.717, 1.165) is 17.4 Å². The number of alkyl halides is 3. The topological polar surface area (TPSA) is 56.6 Å². The average molecular weight is 478 g/mol. The van der Waals surface area contributed by atoms with Crippen molar-refractivity contribution >= 4 is 22.9 Å². The number of nitriles is 1. The highest BCUT2D eigenvalue weighted by atomic mass is 32.1. The van der Waals surface area contributed by atoms with Crippen LogP contribution in [0.1, 0.15) is 39.0 Å². The van der Waals surface area contributed by atoms with Crippen molar-refractivity contribution in [3.05, 3.63) is 51.2 Å². The maximum atomic E-state index is 13.5. The minimum absolute atomic E-state index is 0.00129. The zero-order valence-corrected chi connectivity index (χ0v) is 19.4. The summed E-state index contributed by atoms with van der Waals surface area (Å²) in [6, 6.07) is 9.31. The molecule has 1 aromatic carbocycles. The van der Waals surface area contributed by atoms with E-state index in [9.17, 15) is 18.0 Å². The van der Waals surface area contributed by atoms with Crippen molar-refractivity contribution in [2.45, 2.75) is 26.4 Å². The normalized spacial score (nSPS) is 22.8.